The van der Waals surface area contributed by atoms with E-state index < -0.39 is 21.1 Å². The van der Waals surface area contributed by atoms with Crippen molar-refractivity contribution in [3.05, 3.63) is 29.7 Å². The number of carbonyl (C=O) groups excluding carboxylic acids is 1. The SMILES string of the molecule is COC(=O)c1ccc2nnc(C3CCCS3(=O)=O)n2c1. The van der Waals surface area contributed by atoms with Crippen LogP contribution in [-0.4, -0.2) is 41.8 Å². The summed E-state index contributed by atoms with van der Waals surface area (Å²) in [4.78, 5) is 11.5. The molecule has 2 aromatic rings. The topological polar surface area (TPSA) is 90.6 Å². The summed E-state index contributed by atoms with van der Waals surface area (Å²) in [5.74, 6) is 0.0487. The lowest BCUT2D eigenvalue weighted by molar-refractivity contribution is 0.0600. The van der Waals surface area contributed by atoms with Crippen LogP contribution in [0.1, 0.15) is 34.3 Å². The van der Waals surface area contributed by atoms with Crippen LogP contribution in [0.5, 0.6) is 0 Å². The highest BCUT2D eigenvalue weighted by molar-refractivity contribution is 7.91. The zero-order valence-corrected chi connectivity index (χ0v) is 11.6. The van der Waals surface area contributed by atoms with Gasteiger partial charge in [0.25, 0.3) is 0 Å². The minimum Gasteiger partial charge on any atom is -0.465 e. The second kappa shape index (κ2) is 4.55. The Morgan fingerprint density at radius 1 is 1.40 bits per heavy atom. The maximum atomic E-state index is 12.0. The van der Waals surface area contributed by atoms with Crippen LogP contribution in [0.4, 0.5) is 0 Å². The lowest BCUT2D eigenvalue weighted by Crippen LogP contribution is -2.12. The van der Waals surface area contributed by atoms with Gasteiger partial charge in [0.05, 0.1) is 18.4 Å². The number of nitrogens with zero attached hydrogens (tertiary/aromatic N) is 3. The second-order valence-electron chi connectivity index (χ2n) is 4.69. The first-order valence-corrected chi connectivity index (χ1v) is 7.89. The summed E-state index contributed by atoms with van der Waals surface area (Å²) in [5.41, 5.74) is 0.839. The molecular formula is C12H13N3O4S. The molecule has 20 heavy (non-hydrogen) atoms. The van der Waals surface area contributed by atoms with Gasteiger partial charge in [-0.25, -0.2) is 13.2 Å². The second-order valence-corrected chi connectivity index (χ2v) is 7.00. The highest BCUT2D eigenvalue weighted by Crippen LogP contribution is 2.33. The molecule has 0 radical (unpaired) electrons. The van der Waals surface area contributed by atoms with Crippen LogP contribution in [0.25, 0.3) is 5.65 Å². The first-order valence-electron chi connectivity index (χ1n) is 6.17. The van der Waals surface area contributed by atoms with Crippen LogP contribution >= 0.6 is 0 Å². The van der Waals surface area contributed by atoms with E-state index in [1.165, 1.54) is 13.3 Å². The summed E-state index contributed by atoms with van der Waals surface area (Å²) in [6.07, 6.45) is 2.68. The maximum Gasteiger partial charge on any atom is 0.339 e. The number of hydrogen-bond acceptors (Lipinski definition) is 6. The third-order valence-corrected chi connectivity index (χ3v) is 5.64. The van der Waals surface area contributed by atoms with Gasteiger partial charge < -0.3 is 4.74 Å². The van der Waals surface area contributed by atoms with Crippen molar-refractivity contribution in [3.63, 3.8) is 0 Å². The zero-order valence-electron chi connectivity index (χ0n) is 10.8. The van der Waals surface area contributed by atoms with Gasteiger partial charge in [-0.05, 0) is 25.0 Å². The molecule has 7 nitrogen and oxygen atoms in total. The van der Waals surface area contributed by atoms with Crippen LogP contribution < -0.4 is 0 Å². The van der Waals surface area contributed by atoms with E-state index in [1.54, 1.807) is 16.5 Å². The number of ether oxygens (including phenoxy) is 1. The Kier molecular flexibility index (Phi) is 2.97. The summed E-state index contributed by atoms with van der Waals surface area (Å²) in [7, 11) is -1.89. The van der Waals surface area contributed by atoms with E-state index >= 15 is 0 Å². The molecule has 1 fully saturated rings. The van der Waals surface area contributed by atoms with Crippen molar-refractivity contribution in [2.75, 3.05) is 12.9 Å². The third kappa shape index (κ3) is 1.96. The van der Waals surface area contributed by atoms with Crippen molar-refractivity contribution in [3.8, 4) is 0 Å². The molecule has 2 aromatic heterocycles. The van der Waals surface area contributed by atoms with Crippen molar-refractivity contribution < 1.29 is 17.9 Å². The minimum atomic E-state index is -3.18. The number of esters is 1. The Labute approximate surface area is 115 Å². The van der Waals surface area contributed by atoms with E-state index in [4.69, 9.17) is 0 Å². The third-order valence-electron chi connectivity index (χ3n) is 3.47. The van der Waals surface area contributed by atoms with Crippen molar-refractivity contribution >= 4 is 21.5 Å². The molecule has 8 heteroatoms. The van der Waals surface area contributed by atoms with Gasteiger partial charge in [-0.15, -0.1) is 10.2 Å². The highest BCUT2D eigenvalue weighted by Gasteiger charge is 2.36. The molecule has 106 valence electrons. The Balaban J connectivity index is 2.15. The lowest BCUT2D eigenvalue weighted by atomic mass is 10.2. The molecule has 3 heterocycles. The predicted molar refractivity (Wildman–Crippen MR) is 70.1 cm³/mol. The Morgan fingerprint density at radius 2 is 2.20 bits per heavy atom. The molecule has 1 saturated heterocycles. The van der Waals surface area contributed by atoms with Gasteiger partial charge in [0, 0.05) is 6.20 Å². The van der Waals surface area contributed by atoms with Gasteiger partial charge in [-0.3, -0.25) is 4.40 Å². The molecule has 3 rings (SSSR count). The van der Waals surface area contributed by atoms with E-state index in [1.807, 2.05) is 0 Å². The fourth-order valence-corrected chi connectivity index (χ4v) is 4.31. The van der Waals surface area contributed by atoms with Crippen molar-refractivity contribution in [2.45, 2.75) is 18.1 Å². The van der Waals surface area contributed by atoms with Gasteiger partial charge >= 0.3 is 5.97 Å². The average molecular weight is 295 g/mol. The van der Waals surface area contributed by atoms with Crippen molar-refractivity contribution in [1.29, 1.82) is 0 Å². The first-order chi connectivity index (χ1) is 9.53. The number of aromatic nitrogens is 3. The molecule has 0 spiro atoms. The number of hydrogen-bond donors (Lipinski definition) is 0. The molecule has 0 amide bonds. The van der Waals surface area contributed by atoms with Gasteiger partial charge in [-0.2, -0.15) is 0 Å². The van der Waals surface area contributed by atoms with Gasteiger partial charge in [-0.1, -0.05) is 0 Å². The zero-order chi connectivity index (χ0) is 14.3. The summed E-state index contributed by atoms with van der Waals surface area (Å²) >= 11 is 0. The molecule has 0 aromatic carbocycles. The van der Waals surface area contributed by atoms with Crippen molar-refractivity contribution in [2.24, 2.45) is 0 Å². The van der Waals surface area contributed by atoms with Crippen molar-refractivity contribution in [1.82, 2.24) is 14.6 Å². The molecule has 0 bridgehead atoms. The Bertz CT molecular complexity index is 781. The molecule has 1 aliphatic heterocycles. The normalized spacial score (nSPS) is 21.1. The molecule has 0 N–H and O–H groups in total. The highest BCUT2D eigenvalue weighted by atomic mass is 32.2. The number of methoxy groups -OCH3 is 1. The van der Waals surface area contributed by atoms with Gasteiger partial charge in [0.2, 0.25) is 0 Å². The quantitative estimate of drug-likeness (QED) is 0.760. The maximum absolute atomic E-state index is 12.0. The van der Waals surface area contributed by atoms with Gasteiger partial charge in [0.15, 0.2) is 21.3 Å². The van der Waals surface area contributed by atoms with E-state index in [0.29, 0.717) is 29.9 Å². The molecular weight excluding hydrogens is 282 g/mol. The number of carbonyl (C=O) groups is 1. The average Bonchev–Trinajstić information content (AvgIpc) is 2.99. The molecule has 0 saturated carbocycles. The number of rotatable bonds is 2. The fourth-order valence-electron chi connectivity index (χ4n) is 2.45. The van der Waals surface area contributed by atoms with E-state index in [2.05, 4.69) is 14.9 Å². The predicted octanol–water partition coefficient (Wildman–Crippen LogP) is 0.766. The smallest absolute Gasteiger partial charge is 0.339 e. The van der Waals surface area contributed by atoms with Crippen LogP contribution in [0, 0.1) is 0 Å². The lowest BCUT2D eigenvalue weighted by Gasteiger charge is -2.07. The van der Waals surface area contributed by atoms with E-state index in [0.717, 1.165) is 0 Å². The molecule has 1 atom stereocenters. The summed E-state index contributed by atoms with van der Waals surface area (Å²) in [6.45, 7) is 0. The molecule has 0 aliphatic carbocycles. The summed E-state index contributed by atoms with van der Waals surface area (Å²) < 4.78 is 30.2. The summed E-state index contributed by atoms with van der Waals surface area (Å²) in [5, 5.41) is 7.28. The Morgan fingerprint density at radius 3 is 2.85 bits per heavy atom. The number of fused-ring (bicyclic) bond motifs is 1. The minimum absolute atomic E-state index is 0.170. The van der Waals surface area contributed by atoms with Gasteiger partial charge in [0.1, 0.15) is 5.25 Å². The molecule has 1 aliphatic rings. The van der Waals surface area contributed by atoms with Crippen LogP contribution in [0.3, 0.4) is 0 Å². The van der Waals surface area contributed by atoms with Crippen LogP contribution in [0.15, 0.2) is 18.3 Å². The number of sulfone groups is 1. The molecule has 1 unspecified atom stereocenters. The van der Waals surface area contributed by atoms with Crippen LogP contribution in [-0.2, 0) is 14.6 Å². The summed E-state index contributed by atoms with van der Waals surface area (Å²) in [6, 6.07) is 3.19. The van der Waals surface area contributed by atoms with E-state index in [-0.39, 0.29) is 5.75 Å². The monoisotopic (exact) mass is 295 g/mol. The largest absolute Gasteiger partial charge is 0.465 e. The standard InChI is InChI=1S/C12H13N3O4S/c1-19-12(16)8-4-5-10-13-14-11(15(10)7-8)9-3-2-6-20(9,17)18/h4-5,7,9H,2-3,6H2,1H3. The van der Waals surface area contributed by atoms with E-state index in [9.17, 15) is 13.2 Å². The fraction of sp³-hybridized carbons (Fsp3) is 0.417. The first kappa shape index (κ1) is 13.0. The Hall–Kier alpha value is -1.96. The number of pyridine rings is 1. The van der Waals surface area contributed by atoms with Crippen LogP contribution in [0.2, 0.25) is 0 Å².